The van der Waals surface area contributed by atoms with Crippen LogP contribution in [0.4, 0.5) is 4.39 Å². The average molecular weight is 373 g/mol. The van der Waals surface area contributed by atoms with Crippen LogP contribution >= 0.6 is 11.3 Å². The van der Waals surface area contributed by atoms with Crippen molar-refractivity contribution in [3.63, 3.8) is 0 Å². The van der Waals surface area contributed by atoms with Gasteiger partial charge in [0.05, 0.1) is 4.88 Å². The second-order valence-corrected chi connectivity index (χ2v) is 7.28. The molecule has 0 atom stereocenters. The molecule has 0 bridgehead atoms. The Morgan fingerprint density at radius 3 is 2.67 bits per heavy atom. The number of aryl methyl sites for hydroxylation is 1. The molecule has 0 amide bonds. The van der Waals surface area contributed by atoms with E-state index in [2.05, 4.69) is 4.98 Å². The van der Waals surface area contributed by atoms with Crippen LogP contribution in [-0.4, -0.2) is 10.8 Å². The van der Waals surface area contributed by atoms with Gasteiger partial charge < -0.3 is 0 Å². The third-order valence-corrected chi connectivity index (χ3v) is 5.42. The van der Waals surface area contributed by atoms with Crippen LogP contribution in [0.5, 0.6) is 0 Å². The SMILES string of the molecule is Cc1cccc(/C=C/C(=O)c2sc3ncccc3c2-c2ccc(F)cc2)c1. The van der Waals surface area contributed by atoms with Crippen molar-refractivity contribution in [1.29, 1.82) is 0 Å². The van der Waals surface area contributed by atoms with Crippen molar-refractivity contribution in [1.82, 2.24) is 4.98 Å². The third kappa shape index (κ3) is 3.57. The van der Waals surface area contributed by atoms with Crippen LogP contribution in [0.15, 0.2) is 72.9 Å². The fourth-order valence-electron chi connectivity index (χ4n) is 3.03. The van der Waals surface area contributed by atoms with E-state index in [1.165, 1.54) is 23.5 Å². The summed E-state index contributed by atoms with van der Waals surface area (Å²) < 4.78 is 13.4. The summed E-state index contributed by atoms with van der Waals surface area (Å²) in [5.74, 6) is -0.387. The molecule has 4 rings (SSSR count). The predicted molar refractivity (Wildman–Crippen MR) is 110 cm³/mol. The summed E-state index contributed by atoms with van der Waals surface area (Å²) in [6, 6.07) is 18.0. The number of allylic oxidation sites excluding steroid dienone is 1. The maximum absolute atomic E-state index is 13.4. The minimum Gasteiger partial charge on any atom is -0.288 e. The summed E-state index contributed by atoms with van der Waals surface area (Å²) in [5, 5.41) is 0.904. The topological polar surface area (TPSA) is 30.0 Å². The number of fused-ring (bicyclic) bond motifs is 1. The first-order chi connectivity index (χ1) is 13.1. The van der Waals surface area contributed by atoms with Gasteiger partial charge in [-0.3, -0.25) is 4.79 Å². The fourth-order valence-corrected chi connectivity index (χ4v) is 4.12. The first-order valence-electron chi connectivity index (χ1n) is 8.54. The summed E-state index contributed by atoms with van der Waals surface area (Å²) in [6.45, 7) is 2.02. The van der Waals surface area contributed by atoms with Crippen molar-refractivity contribution in [3.05, 3.63) is 94.8 Å². The Labute approximate surface area is 160 Å². The quantitative estimate of drug-likeness (QED) is 0.310. The standard InChI is InChI=1S/C23H16FNOS/c1-15-4-2-5-16(14-15)7-12-20(26)22-21(17-8-10-18(24)11-9-17)19-6-3-13-25-23(19)27-22/h2-14H,1H3/b12-7+. The van der Waals surface area contributed by atoms with E-state index < -0.39 is 0 Å². The highest BCUT2D eigenvalue weighted by Crippen LogP contribution is 2.38. The monoisotopic (exact) mass is 373 g/mol. The Morgan fingerprint density at radius 1 is 1.07 bits per heavy atom. The van der Waals surface area contributed by atoms with Crippen LogP contribution in [0, 0.1) is 12.7 Å². The van der Waals surface area contributed by atoms with E-state index in [0.717, 1.165) is 32.5 Å². The number of thiophene rings is 1. The number of carbonyl (C=O) groups excluding carboxylic acids is 1. The molecule has 2 nitrogen and oxygen atoms in total. The van der Waals surface area contributed by atoms with Gasteiger partial charge in [0.1, 0.15) is 10.6 Å². The maximum Gasteiger partial charge on any atom is 0.196 e. The molecule has 4 aromatic rings. The van der Waals surface area contributed by atoms with E-state index in [9.17, 15) is 9.18 Å². The van der Waals surface area contributed by atoms with Gasteiger partial charge in [0, 0.05) is 17.1 Å². The van der Waals surface area contributed by atoms with E-state index in [-0.39, 0.29) is 11.6 Å². The molecule has 0 N–H and O–H groups in total. The second-order valence-electron chi connectivity index (χ2n) is 6.28. The molecule has 4 heteroatoms. The molecule has 0 saturated carbocycles. The van der Waals surface area contributed by atoms with Gasteiger partial charge in [0.25, 0.3) is 0 Å². The van der Waals surface area contributed by atoms with E-state index in [1.807, 2.05) is 49.4 Å². The molecule has 2 aromatic heterocycles. The number of nitrogens with zero attached hydrogens (tertiary/aromatic N) is 1. The number of ketones is 1. The number of benzene rings is 2. The lowest BCUT2D eigenvalue weighted by molar-refractivity contribution is 0.105. The first kappa shape index (κ1) is 17.3. The number of halogens is 1. The minimum absolute atomic E-state index is 0.0844. The van der Waals surface area contributed by atoms with Crippen molar-refractivity contribution in [2.24, 2.45) is 0 Å². The Kier molecular flexibility index (Phi) is 4.65. The minimum atomic E-state index is -0.302. The fraction of sp³-hybridized carbons (Fsp3) is 0.0435. The molecule has 132 valence electrons. The molecule has 0 aliphatic rings. The smallest absolute Gasteiger partial charge is 0.196 e. The highest BCUT2D eigenvalue weighted by Gasteiger charge is 2.18. The largest absolute Gasteiger partial charge is 0.288 e. The van der Waals surface area contributed by atoms with Crippen LogP contribution in [-0.2, 0) is 0 Å². The van der Waals surface area contributed by atoms with Crippen LogP contribution in [0.25, 0.3) is 27.4 Å². The molecule has 2 heterocycles. The number of hydrogen-bond acceptors (Lipinski definition) is 3. The average Bonchev–Trinajstić information content (AvgIpc) is 3.06. The van der Waals surface area contributed by atoms with Gasteiger partial charge in [0.2, 0.25) is 0 Å². The van der Waals surface area contributed by atoms with Crippen LogP contribution in [0.1, 0.15) is 20.8 Å². The van der Waals surface area contributed by atoms with Gasteiger partial charge >= 0.3 is 0 Å². The molecular formula is C23H16FNOS. The normalized spacial score (nSPS) is 11.3. The van der Waals surface area contributed by atoms with Gasteiger partial charge in [-0.2, -0.15) is 0 Å². The van der Waals surface area contributed by atoms with Crippen LogP contribution < -0.4 is 0 Å². The molecule has 0 aliphatic heterocycles. The third-order valence-electron chi connectivity index (χ3n) is 4.29. The molecule has 0 unspecified atom stereocenters. The Balaban J connectivity index is 1.80. The van der Waals surface area contributed by atoms with Gasteiger partial charge in [-0.05, 0) is 48.4 Å². The Hall–Kier alpha value is -3.11. The van der Waals surface area contributed by atoms with Crippen molar-refractivity contribution < 1.29 is 9.18 Å². The van der Waals surface area contributed by atoms with Crippen LogP contribution in [0.2, 0.25) is 0 Å². The van der Waals surface area contributed by atoms with E-state index in [4.69, 9.17) is 0 Å². The zero-order valence-electron chi connectivity index (χ0n) is 14.6. The Morgan fingerprint density at radius 2 is 1.89 bits per heavy atom. The summed E-state index contributed by atoms with van der Waals surface area (Å²) in [5.41, 5.74) is 3.73. The first-order valence-corrected chi connectivity index (χ1v) is 9.36. The van der Waals surface area contributed by atoms with Crippen LogP contribution in [0.3, 0.4) is 0 Å². The van der Waals surface area contributed by atoms with E-state index >= 15 is 0 Å². The number of pyridine rings is 1. The van der Waals surface area contributed by atoms with Gasteiger partial charge in [-0.25, -0.2) is 9.37 Å². The van der Waals surface area contributed by atoms with E-state index in [1.54, 1.807) is 24.4 Å². The molecular weight excluding hydrogens is 357 g/mol. The Bertz CT molecular complexity index is 1160. The molecule has 2 aromatic carbocycles. The highest BCUT2D eigenvalue weighted by atomic mass is 32.1. The molecule has 0 radical (unpaired) electrons. The zero-order valence-corrected chi connectivity index (χ0v) is 15.5. The number of rotatable bonds is 4. The maximum atomic E-state index is 13.4. The lowest BCUT2D eigenvalue weighted by Gasteiger charge is -2.03. The summed E-state index contributed by atoms with van der Waals surface area (Å²) in [6.07, 6.45) is 5.12. The zero-order chi connectivity index (χ0) is 18.8. The lowest BCUT2D eigenvalue weighted by Crippen LogP contribution is -1.93. The van der Waals surface area contributed by atoms with Crippen molar-refractivity contribution >= 4 is 33.4 Å². The summed E-state index contributed by atoms with van der Waals surface area (Å²) in [4.78, 5) is 18.7. The molecule has 0 fully saturated rings. The number of carbonyl (C=O) groups is 1. The molecule has 27 heavy (non-hydrogen) atoms. The van der Waals surface area contributed by atoms with Crippen molar-refractivity contribution in [3.8, 4) is 11.1 Å². The summed E-state index contributed by atoms with van der Waals surface area (Å²) >= 11 is 1.36. The molecule has 0 spiro atoms. The highest BCUT2D eigenvalue weighted by molar-refractivity contribution is 7.21. The van der Waals surface area contributed by atoms with Crippen molar-refractivity contribution in [2.75, 3.05) is 0 Å². The second kappa shape index (κ2) is 7.25. The van der Waals surface area contributed by atoms with Gasteiger partial charge in [0.15, 0.2) is 5.78 Å². The number of aromatic nitrogens is 1. The lowest BCUT2D eigenvalue weighted by atomic mass is 10.0. The predicted octanol–water partition coefficient (Wildman–Crippen LogP) is 6.31. The molecule has 0 saturated heterocycles. The summed E-state index contributed by atoms with van der Waals surface area (Å²) in [7, 11) is 0. The van der Waals surface area contributed by atoms with Gasteiger partial charge in [-0.1, -0.05) is 48.0 Å². The van der Waals surface area contributed by atoms with Crippen molar-refractivity contribution in [2.45, 2.75) is 6.92 Å². The van der Waals surface area contributed by atoms with E-state index in [0.29, 0.717) is 4.88 Å². The number of hydrogen-bond donors (Lipinski definition) is 0. The molecule has 0 aliphatic carbocycles. The van der Waals surface area contributed by atoms with Gasteiger partial charge in [-0.15, -0.1) is 11.3 Å².